The Morgan fingerprint density at radius 3 is 2.48 bits per heavy atom. The van der Waals surface area contributed by atoms with Crippen LogP contribution in [0, 0.1) is 0 Å². The van der Waals surface area contributed by atoms with Crippen LogP contribution < -0.4 is 15.2 Å². The number of ether oxygens (including phenoxy) is 2. The first-order valence-electron chi connectivity index (χ1n) is 9.78. The molecule has 1 aromatic carbocycles. The fraction of sp³-hybridized carbons (Fsp3) is 0.238. The van der Waals surface area contributed by atoms with Gasteiger partial charge in [-0.15, -0.1) is 0 Å². The molecule has 3 N–H and O–H groups in total. The number of halogens is 2. The first-order valence-corrected chi connectivity index (χ1v) is 10.5. The number of aromatic nitrogens is 5. The van der Waals surface area contributed by atoms with Crippen LogP contribution >= 0.6 is 23.2 Å². The van der Waals surface area contributed by atoms with E-state index in [-0.39, 0.29) is 29.1 Å². The van der Waals surface area contributed by atoms with Gasteiger partial charge in [0, 0.05) is 29.4 Å². The highest BCUT2D eigenvalue weighted by molar-refractivity contribution is 6.41. The van der Waals surface area contributed by atoms with Gasteiger partial charge in [-0.3, -0.25) is 4.68 Å². The van der Waals surface area contributed by atoms with Gasteiger partial charge in [-0.2, -0.15) is 5.10 Å². The second kappa shape index (κ2) is 9.65. The summed E-state index contributed by atoms with van der Waals surface area (Å²) >= 11 is 13.2. The Bertz CT molecular complexity index is 1280. The van der Waals surface area contributed by atoms with Crippen molar-refractivity contribution in [3.8, 4) is 22.8 Å². The lowest BCUT2D eigenvalue weighted by atomic mass is 10.1. The van der Waals surface area contributed by atoms with E-state index in [2.05, 4.69) is 25.4 Å². The van der Waals surface area contributed by atoms with Crippen molar-refractivity contribution in [3.05, 3.63) is 51.6 Å². The molecule has 0 aliphatic heterocycles. The standard InChI is InChI=1S/C21H20Cl2N7O3/c1-32-14-6-15(33-2)18(23)16(17(14)22)13-5-12-9-26-21(24)29-19(12)20(28-13)25-7-11-8-27-30(10-11)3-4-31/h5-6,8-10,31H,3-4,7H2,1-2H3,(H2-,24,25,26,28,29)/q-1. The van der Waals surface area contributed by atoms with Crippen molar-refractivity contribution >= 4 is 45.9 Å². The summed E-state index contributed by atoms with van der Waals surface area (Å²) in [6, 6.07) is 3.35. The molecular weight excluding hydrogens is 469 g/mol. The average molecular weight is 489 g/mol. The molecule has 3 aromatic heterocycles. The van der Waals surface area contributed by atoms with Crippen LogP contribution in [0.15, 0.2) is 30.7 Å². The van der Waals surface area contributed by atoms with Crippen LogP contribution in [-0.2, 0) is 13.1 Å². The van der Waals surface area contributed by atoms with Gasteiger partial charge < -0.3 is 30.6 Å². The quantitative estimate of drug-likeness (QED) is 0.379. The highest BCUT2D eigenvalue weighted by Crippen LogP contribution is 2.46. The first-order chi connectivity index (χ1) is 15.9. The molecular formula is C21H20Cl2N7O3-. The maximum absolute atomic E-state index is 9.08. The molecule has 0 aliphatic rings. The molecule has 10 nitrogen and oxygen atoms in total. The number of hydrogen-bond acceptors (Lipinski definition) is 8. The van der Waals surface area contributed by atoms with Crippen molar-refractivity contribution in [1.82, 2.24) is 24.7 Å². The third kappa shape index (κ3) is 4.58. The van der Waals surface area contributed by atoms with Crippen molar-refractivity contribution < 1.29 is 14.6 Å². The SMILES string of the molecule is COc1cc(OC)c(Cl)c(-c2cc3cnc(N)nc3c([N-]Cc3cnn(CCO)c3)n2)c1Cl. The number of aliphatic hydroxyl groups excluding tert-OH is 1. The van der Waals surface area contributed by atoms with Gasteiger partial charge in [0.2, 0.25) is 5.95 Å². The summed E-state index contributed by atoms with van der Waals surface area (Å²) in [5.74, 6) is 1.21. The highest BCUT2D eigenvalue weighted by atomic mass is 35.5. The lowest BCUT2D eigenvalue weighted by Gasteiger charge is -2.22. The smallest absolute Gasteiger partial charge is 0.220 e. The van der Waals surface area contributed by atoms with Crippen LogP contribution in [0.5, 0.6) is 11.5 Å². The number of rotatable bonds is 8. The van der Waals surface area contributed by atoms with E-state index in [9.17, 15) is 0 Å². The monoisotopic (exact) mass is 488 g/mol. The topological polar surface area (TPSA) is 135 Å². The van der Waals surface area contributed by atoms with Crippen LogP contribution in [0.4, 0.5) is 11.8 Å². The summed E-state index contributed by atoms with van der Waals surface area (Å²) in [6.45, 7) is 0.674. The number of benzene rings is 1. The highest BCUT2D eigenvalue weighted by Gasteiger charge is 2.18. The maximum atomic E-state index is 9.08. The number of hydrogen-bond donors (Lipinski definition) is 2. The average Bonchev–Trinajstić information content (AvgIpc) is 3.25. The van der Waals surface area contributed by atoms with Gasteiger partial charge in [0.25, 0.3) is 0 Å². The van der Waals surface area contributed by atoms with Crippen LogP contribution in [0.3, 0.4) is 0 Å². The van der Waals surface area contributed by atoms with Gasteiger partial charge in [-0.1, -0.05) is 23.2 Å². The molecule has 0 radical (unpaired) electrons. The van der Waals surface area contributed by atoms with E-state index >= 15 is 0 Å². The summed E-state index contributed by atoms with van der Waals surface area (Å²) in [6.07, 6.45) is 5.06. The van der Waals surface area contributed by atoms with E-state index in [4.69, 9.17) is 43.5 Å². The van der Waals surface area contributed by atoms with Gasteiger partial charge in [0.05, 0.1) is 49.1 Å². The molecule has 3 heterocycles. The number of anilines is 1. The largest absolute Gasteiger partial charge is 0.495 e. The summed E-state index contributed by atoms with van der Waals surface area (Å²) in [5.41, 5.74) is 8.00. The Hall–Kier alpha value is -3.34. The Balaban J connectivity index is 1.82. The molecule has 0 atom stereocenters. The zero-order chi connectivity index (χ0) is 23.5. The third-order valence-corrected chi connectivity index (χ3v) is 5.57. The Labute approximate surface area is 199 Å². The Morgan fingerprint density at radius 1 is 1.09 bits per heavy atom. The van der Waals surface area contributed by atoms with Gasteiger partial charge in [-0.25, -0.2) is 9.97 Å². The van der Waals surface area contributed by atoms with Gasteiger partial charge in [0.1, 0.15) is 11.5 Å². The number of aliphatic hydroxyl groups is 1. The van der Waals surface area contributed by atoms with Crippen molar-refractivity contribution in [2.75, 3.05) is 26.6 Å². The minimum Gasteiger partial charge on any atom is -0.495 e. The van der Waals surface area contributed by atoms with Gasteiger partial charge in [0.15, 0.2) is 0 Å². The van der Waals surface area contributed by atoms with Crippen LogP contribution in [0.2, 0.25) is 10.0 Å². The van der Waals surface area contributed by atoms with E-state index in [1.807, 2.05) is 0 Å². The summed E-state index contributed by atoms with van der Waals surface area (Å²) < 4.78 is 12.4. The molecule has 0 bridgehead atoms. The summed E-state index contributed by atoms with van der Waals surface area (Å²) in [4.78, 5) is 13.1. The minimum absolute atomic E-state index is 0.00574. The third-order valence-electron chi connectivity index (χ3n) is 4.82. The van der Waals surface area contributed by atoms with Crippen molar-refractivity contribution in [2.24, 2.45) is 0 Å². The minimum atomic E-state index is -0.00574. The van der Waals surface area contributed by atoms with Crippen LogP contribution in [0.25, 0.3) is 27.5 Å². The molecule has 172 valence electrons. The normalized spacial score (nSPS) is 11.1. The Morgan fingerprint density at radius 2 is 1.82 bits per heavy atom. The molecule has 4 aromatic rings. The predicted octanol–water partition coefficient (Wildman–Crippen LogP) is 3.99. The van der Waals surface area contributed by atoms with E-state index in [0.29, 0.717) is 46.0 Å². The van der Waals surface area contributed by atoms with Crippen LogP contribution in [0.1, 0.15) is 5.56 Å². The summed E-state index contributed by atoms with van der Waals surface area (Å²) in [5, 5.41) is 19.1. The number of methoxy groups -OCH3 is 2. The zero-order valence-corrected chi connectivity index (χ0v) is 19.3. The van der Waals surface area contributed by atoms with Gasteiger partial charge in [-0.05, 0) is 29.7 Å². The van der Waals surface area contributed by atoms with Gasteiger partial charge >= 0.3 is 0 Å². The van der Waals surface area contributed by atoms with Crippen LogP contribution in [-0.4, -0.2) is 50.7 Å². The summed E-state index contributed by atoms with van der Waals surface area (Å²) in [7, 11) is 3.00. The number of nitrogen functional groups attached to an aromatic ring is 1. The lowest BCUT2D eigenvalue weighted by Crippen LogP contribution is -2.01. The Kier molecular flexibility index (Phi) is 6.68. The molecule has 0 saturated carbocycles. The maximum Gasteiger partial charge on any atom is 0.220 e. The van der Waals surface area contributed by atoms with Crippen molar-refractivity contribution in [2.45, 2.75) is 13.1 Å². The molecule has 12 heteroatoms. The fourth-order valence-corrected chi connectivity index (χ4v) is 3.96. The molecule has 33 heavy (non-hydrogen) atoms. The van der Waals surface area contributed by atoms with Crippen molar-refractivity contribution in [1.29, 1.82) is 0 Å². The number of nitrogens with two attached hydrogens (primary N) is 1. The fourth-order valence-electron chi connectivity index (χ4n) is 3.26. The molecule has 0 saturated heterocycles. The molecule has 0 fully saturated rings. The molecule has 0 unspecified atom stereocenters. The van der Waals surface area contributed by atoms with E-state index in [1.165, 1.54) is 14.2 Å². The predicted molar refractivity (Wildman–Crippen MR) is 126 cm³/mol. The number of nitrogens with zero attached hydrogens (tertiary/aromatic N) is 6. The number of pyridine rings is 1. The second-order valence-corrected chi connectivity index (χ2v) is 7.69. The number of fused-ring (bicyclic) bond motifs is 1. The lowest BCUT2D eigenvalue weighted by molar-refractivity contribution is 0.269. The zero-order valence-electron chi connectivity index (χ0n) is 17.8. The van der Waals surface area contributed by atoms with E-state index < -0.39 is 0 Å². The first kappa shape index (κ1) is 22.8. The molecule has 0 aliphatic carbocycles. The van der Waals surface area contributed by atoms with E-state index in [0.717, 1.165) is 5.56 Å². The molecule has 0 amide bonds. The molecule has 0 spiro atoms. The van der Waals surface area contributed by atoms with E-state index in [1.54, 1.807) is 35.4 Å². The molecule has 4 rings (SSSR count). The second-order valence-electron chi connectivity index (χ2n) is 6.93. The van der Waals surface area contributed by atoms with Crippen molar-refractivity contribution in [3.63, 3.8) is 0 Å².